The first kappa shape index (κ1) is 15.4. The molecule has 0 radical (unpaired) electrons. The lowest BCUT2D eigenvalue weighted by Gasteiger charge is -2.14. The summed E-state index contributed by atoms with van der Waals surface area (Å²) in [5.41, 5.74) is 1.86. The summed E-state index contributed by atoms with van der Waals surface area (Å²) in [6, 6.07) is 9.77. The van der Waals surface area contributed by atoms with Crippen LogP contribution in [0.15, 0.2) is 24.3 Å². The van der Waals surface area contributed by atoms with E-state index >= 15 is 0 Å². The number of nitriles is 1. The van der Waals surface area contributed by atoms with Gasteiger partial charge in [0.2, 0.25) is 0 Å². The highest BCUT2D eigenvalue weighted by molar-refractivity contribution is 5.51. The number of aldehydes is 1. The number of carbonyl (C=O) groups is 1. The molecule has 0 spiro atoms. The Morgan fingerprint density at radius 3 is 2.42 bits per heavy atom. The molecule has 2 nitrogen and oxygen atoms in total. The molecule has 0 aliphatic rings. The van der Waals surface area contributed by atoms with Crippen molar-refractivity contribution in [2.75, 3.05) is 0 Å². The van der Waals surface area contributed by atoms with Crippen molar-refractivity contribution in [1.29, 1.82) is 5.26 Å². The number of benzene rings is 1. The molecule has 0 bridgehead atoms. The van der Waals surface area contributed by atoms with Crippen LogP contribution in [0.25, 0.3) is 0 Å². The van der Waals surface area contributed by atoms with E-state index in [1.54, 1.807) is 0 Å². The molecule has 1 atom stereocenters. The topological polar surface area (TPSA) is 40.9 Å². The van der Waals surface area contributed by atoms with Crippen molar-refractivity contribution in [3.8, 4) is 6.07 Å². The van der Waals surface area contributed by atoms with Gasteiger partial charge < -0.3 is 4.79 Å². The van der Waals surface area contributed by atoms with Crippen LogP contribution < -0.4 is 0 Å². The zero-order valence-corrected chi connectivity index (χ0v) is 11.8. The molecule has 0 heterocycles. The van der Waals surface area contributed by atoms with Gasteiger partial charge in [-0.15, -0.1) is 0 Å². The second kappa shape index (κ2) is 9.33. The molecule has 0 saturated carbocycles. The summed E-state index contributed by atoms with van der Waals surface area (Å²) in [4.78, 5) is 10.8. The van der Waals surface area contributed by atoms with E-state index in [1.165, 1.54) is 37.7 Å². The third kappa shape index (κ3) is 5.70. The Kier molecular flexibility index (Phi) is 7.58. The summed E-state index contributed by atoms with van der Waals surface area (Å²) in [5.74, 6) is 0.312. The Hall–Kier alpha value is -1.62. The molecule has 1 aromatic carbocycles. The van der Waals surface area contributed by atoms with Crippen molar-refractivity contribution in [3.63, 3.8) is 0 Å². The van der Waals surface area contributed by atoms with Crippen molar-refractivity contribution in [3.05, 3.63) is 35.4 Å². The van der Waals surface area contributed by atoms with Crippen molar-refractivity contribution < 1.29 is 4.79 Å². The maximum absolute atomic E-state index is 10.8. The first-order valence-electron chi connectivity index (χ1n) is 7.25. The lowest BCUT2D eigenvalue weighted by atomic mass is 9.90. The fourth-order valence-corrected chi connectivity index (χ4v) is 2.36. The summed E-state index contributed by atoms with van der Waals surface area (Å²) in [5, 5.41) is 8.79. The lowest BCUT2D eigenvalue weighted by Crippen LogP contribution is -2.00. The predicted molar refractivity (Wildman–Crippen MR) is 78.0 cm³/mol. The normalized spacial score (nSPS) is 11.8. The summed E-state index contributed by atoms with van der Waals surface area (Å²) in [6.45, 7) is 2.21. The molecule has 19 heavy (non-hydrogen) atoms. The third-order valence-corrected chi connectivity index (χ3v) is 3.55. The Balaban J connectivity index is 2.50. The molecular formula is C17H23NO. The number of nitrogens with zero attached hydrogens (tertiary/aromatic N) is 1. The lowest BCUT2D eigenvalue weighted by molar-refractivity contribution is -0.108. The van der Waals surface area contributed by atoms with Gasteiger partial charge >= 0.3 is 0 Å². The van der Waals surface area contributed by atoms with Gasteiger partial charge in [-0.1, -0.05) is 51.2 Å². The fraction of sp³-hybridized carbons (Fsp3) is 0.529. The van der Waals surface area contributed by atoms with Gasteiger partial charge in [-0.25, -0.2) is 0 Å². The van der Waals surface area contributed by atoms with E-state index in [9.17, 15) is 4.79 Å². The second-order valence-electron chi connectivity index (χ2n) is 5.04. The summed E-state index contributed by atoms with van der Waals surface area (Å²) >= 11 is 0. The minimum Gasteiger partial charge on any atom is -0.303 e. The van der Waals surface area contributed by atoms with E-state index in [0.717, 1.165) is 12.7 Å². The molecule has 0 saturated heterocycles. The van der Waals surface area contributed by atoms with Gasteiger partial charge in [-0.3, -0.25) is 0 Å². The van der Waals surface area contributed by atoms with E-state index in [4.69, 9.17) is 5.26 Å². The van der Waals surface area contributed by atoms with Gasteiger partial charge in [-0.2, -0.15) is 5.26 Å². The highest BCUT2D eigenvalue weighted by atomic mass is 16.1. The van der Waals surface area contributed by atoms with Crippen molar-refractivity contribution in [2.45, 2.75) is 57.8 Å². The highest BCUT2D eigenvalue weighted by Crippen LogP contribution is 2.25. The van der Waals surface area contributed by atoms with E-state index in [2.05, 4.69) is 13.0 Å². The Bertz CT molecular complexity index is 402. The van der Waals surface area contributed by atoms with E-state index in [-0.39, 0.29) is 0 Å². The average molecular weight is 257 g/mol. The molecule has 0 amide bonds. The second-order valence-corrected chi connectivity index (χ2v) is 5.04. The minimum atomic E-state index is 0.312. The summed E-state index contributed by atoms with van der Waals surface area (Å²) in [6.07, 6.45) is 8.93. The zero-order chi connectivity index (χ0) is 13.9. The molecule has 0 aliphatic heterocycles. The van der Waals surface area contributed by atoms with Gasteiger partial charge in [-0.05, 0) is 30.0 Å². The van der Waals surface area contributed by atoms with E-state index < -0.39 is 0 Å². The van der Waals surface area contributed by atoms with Gasteiger partial charge in [0.25, 0.3) is 0 Å². The first-order chi connectivity index (χ1) is 9.31. The van der Waals surface area contributed by atoms with Crippen LogP contribution in [0.2, 0.25) is 0 Å². The smallest absolute Gasteiger partial charge is 0.120 e. The molecule has 0 aromatic heterocycles. The minimum absolute atomic E-state index is 0.312. The number of rotatable bonds is 9. The molecule has 1 aromatic rings. The van der Waals surface area contributed by atoms with E-state index in [1.807, 2.05) is 24.3 Å². The highest BCUT2D eigenvalue weighted by Gasteiger charge is 2.10. The SMILES string of the molecule is CCCCCCCC(CC=O)c1ccc(C#N)cc1. The van der Waals surface area contributed by atoms with Crippen molar-refractivity contribution in [2.24, 2.45) is 0 Å². The maximum Gasteiger partial charge on any atom is 0.120 e. The Morgan fingerprint density at radius 1 is 1.16 bits per heavy atom. The Morgan fingerprint density at radius 2 is 1.84 bits per heavy atom. The average Bonchev–Trinajstić information content (AvgIpc) is 2.46. The summed E-state index contributed by atoms with van der Waals surface area (Å²) < 4.78 is 0. The molecule has 0 N–H and O–H groups in total. The number of hydrogen-bond donors (Lipinski definition) is 0. The molecule has 0 fully saturated rings. The number of carbonyl (C=O) groups excluding carboxylic acids is 1. The standard InChI is InChI=1S/C17H23NO/c1-2-3-4-5-6-7-16(12-13-19)17-10-8-15(14-18)9-11-17/h8-11,13,16H,2-7,12H2,1H3. The van der Waals surface area contributed by atoms with Crippen LogP contribution in [0.5, 0.6) is 0 Å². The van der Waals surface area contributed by atoms with E-state index in [0.29, 0.717) is 17.9 Å². The zero-order valence-electron chi connectivity index (χ0n) is 11.8. The number of hydrogen-bond acceptors (Lipinski definition) is 2. The van der Waals surface area contributed by atoms with Crippen LogP contribution in [0, 0.1) is 11.3 Å². The maximum atomic E-state index is 10.8. The third-order valence-electron chi connectivity index (χ3n) is 3.55. The quantitative estimate of drug-likeness (QED) is 0.479. The molecule has 1 unspecified atom stereocenters. The van der Waals surface area contributed by atoms with Crippen LogP contribution in [0.4, 0.5) is 0 Å². The van der Waals surface area contributed by atoms with Crippen molar-refractivity contribution in [1.82, 2.24) is 0 Å². The predicted octanol–water partition coefficient (Wildman–Crippen LogP) is 4.59. The molecule has 0 aliphatic carbocycles. The van der Waals surface area contributed by atoms with Crippen LogP contribution >= 0.6 is 0 Å². The molecule has 2 heteroatoms. The molecule has 1 rings (SSSR count). The van der Waals surface area contributed by atoms with Crippen molar-refractivity contribution >= 4 is 6.29 Å². The first-order valence-corrected chi connectivity index (χ1v) is 7.25. The van der Waals surface area contributed by atoms with Crippen LogP contribution in [0.3, 0.4) is 0 Å². The van der Waals surface area contributed by atoms with Gasteiger partial charge in [0.1, 0.15) is 6.29 Å². The summed E-state index contributed by atoms with van der Waals surface area (Å²) in [7, 11) is 0. The molecule has 102 valence electrons. The monoisotopic (exact) mass is 257 g/mol. The van der Waals surface area contributed by atoms with Gasteiger partial charge in [0.05, 0.1) is 11.6 Å². The molecular weight excluding hydrogens is 234 g/mol. The van der Waals surface area contributed by atoms with Crippen LogP contribution in [-0.2, 0) is 4.79 Å². The van der Waals surface area contributed by atoms with Gasteiger partial charge in [0.15, 0.2) is 0 Å². The van der Waals surface area contributed by atoms with Gasteiger partial charge in [0, 0.05) is 6.42 Å². The Labute approximate surface area is 116 Å². The van der Waals surface area contributed by atoms with Crippen LogP contribution in [-0.4, -0.2) is 6.29 Å². The number of unbranched alkanes of at least 4 members (excludes halogenated alkanes) is 4. The largest absolute Gasteiger partial charge is 0.303 e. The van der Waals surface area contributed by atoms with Crippen LogP contribution in [0.1, 0.15) is 68.9 Å². The fourth-order valence-electron chi connectivity index (χ4n) is 2.36.